The van der Waals surface area contributed by atoms with Gasteiger partial charge in [-0.3, -0.25) is 9.59 Å². The number of nitrogens with one attached hydrogen (secondary N) is 2. The van der Waals surface area contributed by atoms with Gasteiger partial charge in [-0.25, -0.2) is 0 Å². The summed E-state index contributed by atoms with van der Waals surface area (Å²) in [4.78, 5) is 30.5. The Morgan fingerprint density at radius 3 is 2.60 bits per heavy atom. The summed E-state index contributed by atoms with van der Waals surface area (Å²) in [5.74, 6) is -2.53. The van der Waals surface area contributed by atoms with Crippen LogP contribution in [0, 0.1) is 17.3 Å². The summed E-state index contributed by atoms with van der Waals surface area (Å²) in [6, 6.07) is 11.8. The monoisotopic (exact) mass is 818 g/mol. The maximum Gasteiger partial charge on any atom is 0.230 e. The molecule has 6 aliphatic rings. The van der Waals surface area contributed by atoms with Crippen LogP contribution in [0.3, 0.4) is 0 Å². The normalized spacial score (nSPS) is 34.6. The lowest BCUT2D eigenvalue weighted by atomic mass is 9.57. The summed E-state index contributed by atoms with van der Waals surface area (Å²) in [7, 11) is 2.73. The van der Waals surface area contributed by atoms with E-state index in [1.54, 1.807) is 18.2 Å². The van der Waals surface area contributed by atoms with E-state index in [2.05, 4.69) is 10.6 Å². The summed E-state index contributed by atoms with van der Waals surface area (Å²) in [5, 5.41) is 84.4. The third-order valence-electron chi connectivity index (χ3n) is 12.1. The minimum atomic E-state index is -2.29. The lowest BCUT2D eigenvalue weighted by Gasteiger charge is -2.57. The molecule has 0 saturated carbocycles. The van der Waals surface area contributed by atoms with E-state index in [0.717, 1.165) is 11.1 Å². The zero-order valence-corrected chi connectivity index (χ0v) is 32.5. The second-order valence-electron chi connectivity index (χ2n) is 15.4. The van der Waals surface area contributed by atoms with Crippen molar-refractivity contribution in [2.24, 2.45) is 17.3 Å². The lowest BCUT2D eigenvalue weighted by molar-refractivity contribution is -0.349. The molecule has 302 valence electrons. The first-order chi connectivity index (χ1) is 27.5. The number of ketones is 2. The number of dihydropyridines is 1. The molecule has 1 spiro atoms. The fourth-order valence-electron chi connectivity index (χ4n) is 9.20. The number of hydrogen-bond acceptors (Lipinski definition) is 15. The van der Waals surface area contributed by atoms with Gasteiger partial charge in [0.2, 0.25) is 6.29 Å². The maximum absolute atomic E-state index is 15.5. The number of benzene rings is 2. The van der Waals surface area contributed by atoms with Crippen molar-refractivity contribution in [1.82, 2.24) is 10.6 Å². The second-order valence-corrected chi connectivity index (χ2v) is 17.9. The summed E-state index contributed by atoms with van der Waals surface area (Å²) in [6.07, 6.45) is 5.76. The molecule has 3 aliphatic carbocycles. The highest BCUT2D eigenvalue weighted by Gasteiger charge is 2.67. The minimum absolute atomic E-state index is 0.0250. The molecule has 2 aromatic rings. The van der Waals surface area contributed by atoms with Crippen LogP contribution < -0.4 is 15.4 Å². The quantitative estimate of drug-likeness (QED) is 0.145. The van der Waals surface area contributed by atoms with Crippen molar-refractivity contribution in [2.45, 2.75) is 67.2 Å². The van der Waals surface area contributed by atoms with Crippen LogP contribution in [0.1, 0.15) is 51.1 Å². The molecule has 0 radical (unpaired) electrons. The van der Waals surface area contributed by atoms with Gasteiger partial charge in [0.1, 0.15) is 40.3 Å². The topological polar surface area (TPSA) is 218 Å². The number of aliphatic hydroxyl groups is 7. The first kappa shape index (κ1) is 39.9. The van der Waals surface area contributed by atoms with Crippen molar-refractivity contribution < 1.29 is 54.8 Å². The molecule has 3 aliphatic heterocycles. The molecule has 0 amide bonds. The highest BCUT2D eigenvalue weighted by Crippen LogP contribution is 2.58. The predicted molar refractivity (Wildman–Crippen MR) is 213 cm³/mol. The van der Waals surface area contributed by atoms with Gasteiger partial charge in [0, 0.05) is 29.9 Å². The van der Waals surface area contributed by atoms with Crippen molar-refractivity contribution in [1.29, 1.82) is 0 Å². The van der Waals surface area contributed by atoms with Gasteiger partial charge in [-0.1, -0.05) is 82.3 Å². The molecular weight excluding hydrogens is 773 g/mol. The average molecular weight is 819 g/mol. The van der Waals surface area contributed by atoms with E-state index < -0.39 is 70.4 Å². The molecule has 2 aromatic carbocycles. The Hall–Kier alpha value is -3.90. The molecule has 0 unspecified atom stereocenters. The predicted octanol–water partition coefficient (Wildman–Crippen LogP) is 2.73. The van der Waals surface area contributed by atoms with E-state index in [0.29, 0.717) is 35.8 Å². The van der Waals surface area contributed by atoms with Gasteiger partial charge in [-0.15, -0.1) is 0 Å². The van der Waals surface area contributed by atoms with Crippen LogP contribution in [0.25, 0.3) is 0 Å². The smallest absolute Gasteiger partial charge is 0.230 e. The molecule has 1 saturated heterocycles. The number of carbonyl (C=O) groups excluding carboxylic acids is 2. The fraction of sp³-hybridized carbons (Fsp3) is 0.429. The van der Waals surface area contributed by atoms with Crippen LogP contribution >= 0.6 is 21.6 Å². The molecule has 7 bridgehead atoms. The summed E-state index contributed by atoms with van der Waals surface area (Å²) in [5.41, 5.74) is -3.19. The van der Waals surface area contributed by atoms with Gasteiger partial charge in [-0.2, -0.15) is 0 Å². The number of hydrogen-bond donors (Lipinski definition) is 9. The zero-order valence-electron chi connectivity index (χ0n) is 30.9. The van der Waals surface area contributed by atoms with Crippen molar-refractivity contribution in [3.8, 4) is 5.75 Å². The number of carbonyl (C=O) groups is 2. The highest BCUT2D eigenvalue weighted by molar-refractivity contribution is 8.76. The molecule has 0 aromatic heterocycles. The molecule has 9 N–H and O–H groups in total. The molecule has 13 nitrogen and oxygen atoms in total. The Labute approximate surface area is 337 Å². The van der Waals surface area contributed by atoms with Gasteiger partial charge < -0.3 is 55.9 Å². The summed E-state index contributed by atoms with van der Waals surface area (Å²) in [6.45, 7) is -0.670. The number of allylic oxidation sites excluding steroid dienone is 6. The minimum Gasteiger partial charge on any atom is -0.511 e. The third-order valence-corrected chi connectivity index (χ3v) is 14.8. The Bertz CT molecular complexity index is 2100. The Morgan fingerprint density at radius 2 is 1.81 bits per heavy atom. The van der Waals surface area contributed by atoms with Crippen molar-refractivity contribution in [3.63, 3.8) is 0 Å². The van der Waals surface area contributed by atoms with E-state index >= 15 is 4.79 Å². The van der Waals surface area contributed by atoms with E-state index in [1.165, 1.54) is 51.9 Å². The van der Waals surface area contributed by atoms with Gasteiger partial charge in [-0.05, 0) is 66.2 Å². The number of ether oxygens (including phenoxy) is 2. The SMILES string of the molecule is O=C1c2cccc3c2C(=O)[C@@]2(C(O)=CC(Cc4cccc(CO)c4)=C[C@H]12)[C@@H](CCCO)SSCNC1=CC(=CCN1)C[C@@H]1C=C[C@]2(CO)O[C@@H](O3)[C@H](O)[C@@]1(O)[C@@H]2O. The molecule has 3 heterocycles. The number of rotatable bonds is 7. The van der Waals surface area contributed by atoms with Gasteiger partial charge in [0.25, 0.3) is 0 Å². The number of Topliss-reactive ketones (excluding diaryl/α,β-unsaturated/α-hetero) is 2. The standard InChI is InChI=1S/C42H46N2O11S2/c45-13-3-8-32-41-29(17-26(18-31(41)48)15-23-4-1-5-25(14-23)20-46)35(49)28-6-2-7-30(34(28)36(41)50)54-38-37(51)42(53)27(9-11-40(21-47,55-38)39(42)52)16-24-10-12-43-33(19-24)44-22-56-57-32/h1-2,4-7,9-11,14,17-19,27,29,32,37-39,43-48,51-53H,3,8,12-13,15-16,20-22H2/t27-,29+,32+,37-,38+,39+,40+,41-,42+/m0/s1. The number of fused-ring (bicyclic) bond motifs is 3. The zero-order chi connectivity index (χ0) is 40.1. The van der Waals surface area contributed by atoms with Crippen LogP contribution in [-0.2, 0) is 17.8 Å². The van der Waals surface area contributed by atoms with E-state index in [1.807, 2.05) is 30.4 Å². The maximum atomic E-state index is 15.5. The largest absolute Gasteiger partial charge is 0.511 e. The van der Waals surface area contributed by atoms with Crippen molar-refractivity contribution in [2.75, 3.05) is 25.6 Å². The second kappa shape index (κ2) is 15.7. The molecule has 9 atom stereocenters. The van der Waals surface area contributed by atoms with Crippen molar-refractivity contribution in [3.05, 3.63) is 124 Å². The van der Waals surface area contributed by atoms with E-state index in [9.17, 15) is 40.5 Å². The van der Waals surface area contributed by atoms with E-state index in [-0.39, 0.29) is 55.1 Å². The highest BCUT2D eigenvalue weighted by atomic mass is 33.1. The van der Waals surface area contributed by atoms with Crippen LogP contribution in [0.5, 0.6) is 5.75 Å². The van der Waals surface area contributed by atoms with Gasteiger partial charge in [0.05, 0.1) is 36.4 Å². The summed E-state index contributed by atoms with van der Waals surface area (Å²) >= 11 is 0. The van der Waals surface area contributed by atoms with E-state index in [4.69, 9.17) is 9.47 Å². The number of aliphatic hydroxyl groups excluding tert-OH is 6. The molecular formula is C42H46N2O11S2. The Balaban J connectivity index is 1.28. The average Bonchev–Trinajstić information content (AvgIpc) is 3.21. The van der Waals surface area contributed by atoms with Crippen molar-refractivity contribution >= 4 is 33.2 Å². The third kappa shape index (κ3) is 6.57. The summed E-state index contributed by atoms with van der Waals surface area (Å²) < 4.78 is 12.4. The molecule has 15 heteroatoms. The van der Waals surface area contributed by atoms with Crippen LogP contribution in [-0.4, -0.2) is 108 Å². The molecule has 1 fully saturated rings. The van der Waals surface area contributed by atoms with Gasteiger partial charge >= 0.3 is 0 Å². The van der Waals surface area contributed by atoms with Crippen LogP contribution in [0.4, 0.5) is 0 Å². The lowest BCUT2D eigenvalue weighted by Crippen LogP contribution is -2.76. The van der Waals surface area contributed by atoms with Crippen LogP contribution in [0.2, 0.25) is 0 Å². The first-order valence-electron chi connectivity index (χ1n) is 19.0. The Morgan fingerprint density at radius 1 is 1.00 bits per heavy atom. The molecule has 57 heavy (non-hydrogen) atoms. The van der Waals surface area contributed by atoms with Crippen LogP contribution in [0.15, 0.2) is 102 Å². The molecule has 8 rings (SSSR count). The fourth-order valence-corrected chi connectivity index (χ4v) is 12.1. The first-order valence-corrected chi connectivity index (χ1v) is 21.4. The Kier molecular flexibility index (Phi) is 11.0. The van der Waals surface area contributed by atoms with Gasteiger partial charge in [0.15, 0.2) is 11.6 Å².